The molecule has 1 unspecified atom stereocenters. The second-order valence-corrected chi connectivity index (χ2v) is 4.37. The van der Waals surface area contributed by atoms with Crippen LogP contribution in [0.2, 0.25) is 5.28 Å². The minimum absolute atomic E-state index is 0.0406. The van der Waals surface area contributed by atoms with Gasteiger partial charge in [0.2, 0.25) is 5.28 Å². The van der Waals surface area contributed by atoms with Gasteiger partial charge in [-0.25, -0.2) is 9.78 Å². The standard InChI is InChI=1S/C10H10ClN3O4.C2H4.C2H2/c11-10-12-6(9(15)16)7-8(13-10)14-1-2-17-3-5(14)4-18-7;2*1-2/h5H,1-4H2,(H,15,16);1-2H2;1-2H. The summed E-state index contributed by atoms with van der Waals surface area (Å²) in [6, 6.07) is 0.0406. The molecule has 1 atom stereocenters. The van der Waals surface area contributed by atoms with E-state index in [0.717, 1.165) is 0 Å². The maximum Gasteiger partial charge on any atom is 0.358 e. The predicted octanol–water partition coefficient (Wildman–Crippen LogP) is 1.48. The van der Waals surface area contributed by atoms with E-state index in [2.05, 4.69) is 36.0 Å². The van der Waals surface area contributed by atoms with Crippen LogP contribution in [0.25, 0.3) is 0 Å². The molecular weight excluding hydrogens is 310 g/mol. The van der Waals surface area contributed by atoms with Crippen molar-refractivity contribution in [2.24, 2.45) is 0 Å². The highest BCUT2D eigenvalue weighted by Crippen LogP contribution is 2.36. The quantitative estimate of drug-likeness (QED) is 0.475. The van der Waals surface area contributed by atoms with Gasteiger partial charge in [-0.1, -0.05) is 0 Å². The van der Waals surface area contributed by atoms with Gasteiger partial charge in [-0.2, -0.15) is 4.98 Å². The van der Waals surface area contributed by atoms with Crippen molar-refractivity contribution in [1.82, 2.24) is 9.97 Å². The third kappa shape index (κ3) is 3.47. The predicted molar refractivity (Wildman–Crippen MR) is 82.6 cm³/mol. The molecule has 1 aromatic rings. The van der Waals surface area contributed by atoms with Gasteiger partial charge >= 0.3 is 5.97 Å². The normalized spacial score (nSPS) is 18.1. The zero-order chi connectivity index (χ0) is 16.7. The molecule has 1 aromatic heterocycles. The summed E-state index contributed by atoms with van der Waals surface area (Å²) in [7, 11) is 0. The molecule has 1 saturated heterocycles. The third-order valence-electron chi connectivity index (χ3n) is 2.94. The first-order chi connectivity index (χ1) is 10.7. The number of carbonyl (C=O) groups is 1. The maximum absolute atomic E-state index is 11.1. The van der Waals surface area contributed by atoms with Crippen LogP contribution in [0.4, 0.5) is 5.82 Å². The number of hydrogen-bond acceptors (Lipinski definition) is 6. The van der Waals surface area contributed by atoms with Crippen LogP contribution in [0.1, 0.15) is 10.5 Å². The van der Waals surface area contributed by atoms with E-state index in [1.54, 1.807) is 0 Å². The number of aromatic nitrogens is 2. The molecule has 0 radical (unpaired) electrons. The van der Waals surface area contributed by atoms with Crippen molar-refractivity contribution in [1.29, 1.82) is 0 Å². The molecule has 1 N–H and O–H groups in total. The first kappa shape index (κ1) is 17.8. The minimum atomic E-state index is -1.18. The number of halogens is 1. The molecule has 0 saturated carbocycles. The number of ether oxygens (including phenoxy) is 2. The summed E-state index contributed by atoms with van der Waals surface area (Å²) in [4.78, 5) is 20.8. The Bertz CT molecular complexity index is 565. The van der Waals surface area contributed by atoms with E-state index in [4.69, 9.17) is 26.2 Å². The van der Waals surface area contributed by atoms with Crippen LogP contribution in [0.15, 0.2) is 13.2 Å². The number of rotatable bonds is 1. The average Bonchev–Trinajstić information content (AvgIpc) is 2.57. The van der Waals surface area contributed by atoms with Crippen molar-refractivity contribution in [3.05, 3.63) is 24.1 Å². The maximum atomic E-state index is 11.1. The summed E-state index contributed by atoms with van der Waals surface area (Å²) >= 11 is 5.76. The molecule has 7 nitrogen and oxygen atoms in total. The van der Waals surface area contributed by atoms with Gasteiger partial charge in [0.25, 0.3) is 0 Å². The average molecular weight is 326 g/mol. The first-order valence-electron chi connectivity index (χ1n) is 6.28. The van der Waals surface area contributed by atoms with Crippen LogP contribution in [0.5, 0.6) is 5.75 Å². The van der Waals surface area contributed by atoms with E-state index in [1.807, 2.05) is 4.90 Å². The summed E-state index contributed by atoms with van der Waals surface area (Å²) in [5.74, 6) is -0.556. The monoisotopic (exact) mass is 325 g/mol. The smallest absolute Gasteiger partial charge is 0.358 e. The molecule has 8 heteroatoms. The zero-order valence-corrected chi connectivity index (χ0v) is 12.6. The molecule has 3 heterocycles. The number of aromatic carboxylic acids is 1. The summed E-state index contributed by atoms with van der Waals surface area (Å²) in [6.45, 7) is 8.09. The number of anilines is 1. The van der Waals surface area contributed by atoms with Crippen molar-refractivity contribution < 1.29 is 19.4 Å². The minimum Gasteiger partial charge on any atom is -0.485 e. The number of nitrogens with zero attached hydrogens (tertiary/aromatic N) is 3. The van der Waals surface area contributed by atoms with Gasteiger partial charge in [0, 0.05) is 6.54 Å². The summed E-state index contributed by atoms with van der Waals surface area (Å²) < 4.78 is 10.8. The fourth-order valence-corrected chi connectivity index (χ4v) is 2.30. The van der Waals surface area contributed by atoms with E-state index in [9.17, 15) is 4.79 Å². The lowest BCUT2D eigenvalue weighted by molar-refractivity contribution is 0.0641. The van der Waals surface area contributed by atoms with E-state index < -0.39 is 5.97 Å². The number of fused-ring (bicyclic) bond motifs is 3. The Balaban J connectivity index is 0.000000561. The molecule has 0 bridgehead atoms. The van der Waals surface area contributed by atoms with Crippen molar-refractivity contribution in [2.75, 3.05) is 31.3 Å². The highest BCUT2D eigenvalue weighted by molar-refractivity contribution is 6.28. The molecule has 0 aliphatic carbocycles. The SMILES string of the molecule is C#C.C=C.O=C(O)c1nc(Cl)nc2c1OCC1COCCN21. The molecule has 1 fully saturated rings. The van der Waals surface area contributed by atoms with Gasteiger partial charge in [-0.05, 0) is 11.6 Å². The molecule has 118 valence electrons. The fraction of sp³-hybridized carbons (Fsp3) is 0.357. The topological polar surface area (TPSA) is 84.8 Å². The lowest BCUT2D eigenvalue weighted by atomic mass is 10.2. The largest absolute Gasteiger partial charge is 0.485 e. The fourth-order valence-electron chi connectivity index (χ4n) is 2.14. The summed E-state index contributed by atoms with van der Waals surface area (Å²) in [5, 5.41) is 8.99. The van der Waals surface area contributed by atoms with Crippen LogP contribution in [0.3, 0.4) is 0 Å². The van der Waals surface area contributed by atoms with Gasteiger partial charge < -0.3 is 19.5 Å². The van der Waals surface area contributed by atoms with Crippen molar-refractivity contribution in [3.8, 4) is 18.6 Å². The van der Waals surface area contributed by atoms with Crippen LogP contribution in [-0.4, -0.2) is 53.5 Å². The second kappa shape index (κ2) is 8.22. The van der Waals surface area contributed by atoms with E-state index in [-0.39, 0.29) is 22.8 Å². The Morgan fingerprint density at radius 1 is 1.36 bits per heavy atom. The van der Waals surface area contributed by atoms with Crippen LogP contribution < -0.4 is 9.64 Å². The molecular formula is C14H16ClN3O4. The van der Waals surface area contributed by atoms with E-state index >= 15 is 0 Å². The third-order valence-corrected chi connectivity index (χ3v) is 3.11. The highest BCUT2D eigenvalue weighted by Gasteiger charge is 2.35. The Morgan fingerprint density at radius 2 is 2.05 bits per heavy atom. The van der Waals surface area contributed by atoms with Gasteiger partial charge in [0.15, 0.2) is 17.3 Å². The Labute approximate surface area is 133 Å². The highest BCUT2D eigenvalue weighted by atomic mass is 35.5. The van der Waals surface area contributed by atoms with Crippen LogP contribution in [-0.2, 0) is 4.74 Å². The summed E-state index contributed by atoms with van der Waals surface area (Å²) in [5.41, 5.74) is -0.199. The Morgan fingerprint density at radius 3 is 2.68 bits per heavy atom. The van der Waals surface area contributed by atoms with Crippen molar-refractivity contribution in [3.63, 3.8) is 0 Å². The first-order valence-corrected chi connectivity index (χ1v) is 6.66. The lowest BCUT2D eigenvalue weighted by Gasteiger charge is -2.40. The zero-order valence-electron chi connectivity index (χ0n) is 11.9. The lowest BCUT2D eigenvalue weighted by Crippen LogP contribution is -2.51. The molecule has 2 aliphatic heterocycles. The van der Waals surface area contributed by atoms with Crippen LogP contribution in [0, 0.1) is 12.8 Å². The number of hydrogen-bond donors (Lipinski definition) is 1. The van der Waals surface area contributed by atoms with Gasteiger partial charge in [0.1, 0.15) is 6.61 Å². The number of morpholine rings is 1. The Kier molecular flexibility index (Phi) is 6.63. The molecule has 22 heavy (non-hydrogen) atoms. The summed E-state index contributed by atoms with van der Waals surface area (Å²) in [6.07, 6.45) is 8.00. The van der Waals surface area contributed by atoms with E-state index in [1.165, 1.54) is 0 Å². The molecule has 0 spiro atoms. The van der Waals surface area contributed by atoms with Gasteiger partial charge in [0.05, 0.1) is 19.3 Å². The van der Waals surface area contributed by atoms with Gasteiger partial charge in [-0.15, -0.1) is 26.0 Å². The Hall–Kier alpha value is -2.30. The van der Waals surface area contributed by atoms with Crippen molar-refractivity contribution in [2.45, 2.75) is 6.04 Å². The molecule has 0 amide bonds. The van der Waals surface area contributed by atoms with E-state index in [0.29, 0.717) is 32.2 Å². The molecule has 0 aromatic carbocycles. The molecule has 2 aliphatic rings. The molecule has 3 rings (SSSR count). The number of terminal acetylenes is 1. The number of carboxylic acids is 1. The second-order valence-electron chi connectivity index (χ2n) is 4.03. The van der Waals surface area contributed by atoms with Crippen LogP contribution >= 0.6 is 11.6 Å². The van der Waals surface area contributed by atoms with Crippen molar-refractivity contribution >= 4 is 23.4 Å². The number of carboxylic acid groups (broad SMARTS) is 1. The van der Waals surface area contributed by atoms with Gasteiger partial charge in [-0.3, -0.25) is 0 Å².